The third-order valence-corrected chi connectivity index (χ3v) is 4.03. The SMILES string of the molecule is CCCNc1nc2ccccc2n1CCN1CCCC1. The van der Waals surface area contributed by atoms with Crippen LogP contribution < -0.4 is 5.32 Å². The molecule has 4 heteroatoms. The van der Waals surface area contributed by atoms with Gasteiger partial charge in [-0.3, -0.25) is 0 Å². The lowest BCUT2D eigenvalue weighted by Gasteiger charge is -2.16. The summed E-state index contributed by atoms with van der Waals surface area (Å²) in [5, 5.41) is 3.46. The van der Waals surface area contributed by atoms with Gasteiger partial charge in [-0.15, -0.1) is 0 Å². The predicted octanol–water partition coefficient (Wildman–Crippen LogP) is 2.95. The summed E-state index contributed by atoms with van der Waals surface area (Å²) >= 11 is 0. The molecule has 3 rings (SSSR count). The van der Waals surface area contributed by atoms with E-state index in [4.69, 9.17) is 4.98 Å². The van der Waals surface area contributed by atoms with Gasteiger partial charge in [0.1, 0.15) is 0 Å². The number of anilines is 1. The molecule has 0 aliphatic carbocycles. The van der Waals surface area contributed by atoms with Gasteiger partial charge in [0.05, 0.1) is 11.0 Å². The van der Waals surface area contributed by atoms with E-state index >= 15 is 0 Å². The highest BCUT2D eigenvalue weighted by molar-refractivity contribution is 5.78. The lowest BCUT2D eigenvalue weighted by molar-refractivity contribution is 0.325. The largest absolute Gasteiger partial charge is 0.356 e. The molecule has 1 N–H and O–H groups in total. The van der Waals surface area contributed by atoms with Crippen molar-refractivity contribution < 1.29 is 0 Å². The van der Waals surface area contributed by atoms with E-state index in [0.717, 1.165) is 37.5 Å². The van der Waals surface area contributed by atoms with E-state index in [9.17, 15) is 0 Å². The molecular formula is C16H24N4. The van der Waals surface area contributed by atoms with Crippen LogP contribution in [0.1, 0.15) is 26.2 Å². The number of benzene rings is 1. The first kappa shape index (κ1) is 13.4. The molecule has 4 nitrogen and oxygen atoms in total. The lowest BCUT2D eigenvalue weighted by Crippen LogP contribution is -2.24. The minimum Gasteiger partial charge on any atom is -0.356 e. The summed E-state index contributed by atoms with van der Waals surface area (Å²) in [4.78, 5) is 7.28. The molecule has 1 aliphatic rings. The van der Waals surface area contributed by atoms with Crippen LogP contribution in [-0.2, 0) is 6.54 Å². The molecule has 0 saturated carbocycles. The van der Waals surface area contributed by atoms with Crippen molar-refractivity contribution in [1.29, 1.82) is 0 Å². The number of nitrogens with zero attached hydrogens (tertiary/aromatic N) is 3. The molecule has 0 atom stereocenters. The van der Waals surface area contributed by atoms with Gasteiger partial charge in [-0.1, -0.05) is 19.1 Å². The van der Waals surface area contributed by atoms with E-state index < -0.39 is 0 Å². The topological polar surface area (TPSA) is 33.1 Å². The number of para-hydroxylation sites is 2. The van der Waals surface area contributed by atoms with Gasteiger partial charge in [0.25, 0.3) is 0 Å². The molecule has 0 radical (unpaired) electrons. The number of rotatable bonds is 6. The molecule has 0 spiro atoms. The maximum Gasteiger partial charge on any atom is 0.203 e. The summed E-state index contributed by atoms with van der Waals surface area (Å²) in [6.45, 7) is 7.82. The van der Waals surface area contributed by atoms with Crippen molar-refractivity contribution in [2.45, 2.75) is 32.7 Å². The Morgan fingerprint density at radius 1 is 1.15 bits per heavy atom. The summed E-state index contributed by atoms with van der Waals surface area (Å²) in [5.41, 5.74) is 2.33. The third kappa shape index (κ3) is 2.80. The highest BCUT2D eigenvalue weighted by atomic mass is 15.2. The zero-order valence-electron chi connectivity index (χ0n) is 12.3. The van der Waals surface area contributed by atoms with Crippen molar-refractivity contribution in [3.05, 3.63) is 24.3 Å². The predicted molar refractivity (Wildman–Crippen MR) is 84.2 cm³/mol. The maximum atomic E-state index is 4.73. The number of hydrogen-bond donors (Lipinski definition) is 1. The summed E-state index contributed by atoms with van der Waals surface area (Å²) in [5.74, 6) is 1.02. The number of fused-ring (bicyclic) bond motifs is 1. The zero-order valence-corrected chi connectivity index (χ0v) is 12.3. The molecule has 1 aliphatic heterocycles. The van der Waals surface area contributed by atoms with Crippen LogP contribution in [0.5, 0.6) is 0 Å². The maximum absolute atomic E-state index is 4.73. The molecular weight excluding hydrogens is 248 g/mol. The summed E-state index contributed by atoms with van der Waals surface area (Å²) < 4.78 is 2.34. The van der Waals surface area contributed by atoms with Gasteiger partial charge in [-0.25, -0.2) is 4.98 Å². The van der Waals surface area contributed by atoms with Crippen molar-refractivity contribution in [2.75, 3.05) is 31.5 Å². The molecule has 2 heterocycles. The van der Waals surface area contributed by atoms with Crippen LogP contribution in [0.3, 0.4) is 0 Å². The second-order valence-electron chi connectivity index (χ2n) is 5.55. The molecule has 1 fully saturated rings. The van der Waals surface area contributed by atoms with Crippen LogP contribution >= 0.6 is 0 Å². The standard InChI is InChI=1S/C16H24N4/c1-2-9-17-16-18-14-7-3-4-8-15(14)20(16)13-12-19-10-5-6-11-19/h3-4,7-8H,2,5-6,9-13H2,1H3,(H,17,18). The van der Waals surface area contributed by atoms with E-state index in [-0.39, 0.29) is 0 Å². The average molecular weight is 272 g/mol. The van der Waals surface area contributed by atoms with E-state index in [1.807, 2.05) is 0 Å². The highest BCUT2D eigenvalue weighted by Gasteiger charge is 2.14. The first-order valence-corrected chi connectivity index (χ1v) is 7.80. The molecule has 0 unspecified atom stereocenters. The summed E-state index contributed by atoms with van der Waals surface area (Å²) in [6.07, 6.45) is 3.83. The quantitative estimate of drug-likeness (QED) is 0.877. The van der Waals surface area contributed by atoms with Crippen molar-refractivity contribution >= 4 is 17.0 Å². The zero-order chi connectivity index (χ0) is 13.8. The fourth-order valence-corrected chi connectivity index (χ4v) is 2.92. The van der Waals surface area contributed by atoms with E-state index in [0.29, 0.717) is 0 Å². The smallest absolute Gasteiger partial charge is 0.203 e. The van der Waals surface area contributed by atoms with Crippen LogP contribution in [0.15, 0.2) is 24.3 Å². The molecule has 108 valence electrons. The van der Waals surface area contributed by atoms with Crippen LogP contribution in [0, 0.1) is 0 Å². The minimum absolute atomic E-state index is 0.979. The van der Waals surface area contributed by atoms with Gasteiger partial charge in [0, 0.05) is 19.6 Å². The Balaban J connectivity index is 1.81. The van der Waals surface area contributed by atoms with Crippen LogP contribution in [0.25, 0.3) is 11.0 Å². The average Bonchev–Trinajstić information content (AvgIpc) is 3.10. The second kappa shape index (κ2) is 6.27. The van der Waals surface area contributed by atoms with Crippen LogP contribution in [0.4, 0.5) is 5.95 Å². The van der Waals surface area contributed by atoms with Gasteiger partial charge in [0.15, 0.2) is 0 Å². The minimum atomic E-state index is 0.979. The van der Waals surface area contributed by atoms with Gasteiger partial charge >= 0.3 is 0 Å². The summed E-state index contributed by atoms with van der Waals surface area (Å²) in [6, 6.07) is 8.42. The summed E-state index contributed by atoms with van der Waals surface area (Å²) in [7, 11) is 0. The molecule has 20 heavy (non-hydrogen) atoms. The fraction of sp³-hybridized carbons (Fsp3) is 0.562. The number of hydrogen-bond acceptors (Lipinski definition) is 3. The fourth-order valence-electron chi connectivity index (χ4n) is 2.92. The molecule has 2 aromatic rings. The van der Waals surface area contributed by atoms with Crippen molar-refractivity contribution in [3.63, 3.8) is 0 Å². The van der Waals surface area contributed by atoms with Gasteiger partial charge in [-0.05, 0) is 44.5 Å². The van der Waals surface area contributed by atoms with Crippen molar-refractivity contribution in [1.82, 2.24) is 14.5 Å². The number of likely N-dealkylation sites (tertiary alicyclic amines) is 1. The molecule has 1 saturated heterocycles. The Bertz CT molecular complexity index is 555. The van der Waals surface area contributed by atoms with E-state index in [2.05, 4.69) is 46.0 Å². The van der Waals surface area contributed by atoms with Crippen molar-refractivity contribution in [3.8, 4) is 0 Å². The normalized spacial score (nSPS) is 16.1. The first-order valence-electron chi connectivity index (χ1n) is 7.80. The van der Waals surface area contributed by atoms with Gasteiger partial charge in [0.2, 0.25) is 5.95 Å². The Hall–Kier alpha value is -1.55. The van der Waals surface area contributed by atoms with Gasteiger partial charge < -0.3 is 14.8 Å². The van der Waals surface area contributed by atoms with Crippen molar-refractivity contribution in [2.24, 2.45) is 0 Å². The van der Waals surface area contributed by atoms with Crippen LogP contribution in [0.2, 0.25) is 0 Å². The van der Waals surface area contributed by atoms with Crippen LogP contribution in [-0.4, -0.2) is 40.6 Å². The lowest BCUT2D eigenvalue weighted by atomic mass is 10.3. The number of nitrogens with one attached hydrogen (secondary N) is 1. The molecule has 0 bridgehead atoms. The van der Waals surface area contributed by atoms with E-state index in [1.54, 1.807) is 0 Å². The Labute approximate surface area is 120 Å². The Kier molecular flexibility index (Phi) is 4.21. The Morgan fingerprint density at radius 2 is 1.95 bits per heavy atom. The molecule has 1 aromatic carbocycles. The van der Waals surface area contributed by atoms with Gasteiger partial charge in [-0.2, -0.15) is 0 Å². The molecule has 1 aromatic heterocycles. The highest BCUT2D eigenvalue weighted by Crippen LogP contribution is 2.20. The second-order valence-corrected chi connectivity index (χ2v) is 5.55. The third-order valence-electron chi connectivity index (χ3n) is 4.03. The number of imidazole rings is 1. The Morgan fingerprint density at radius 3 is 2.75 bits per heavy atom. The number of aromatic nitrogens is 2. The monoisotopic (exact) mass is 272 g/mol. The van der Waals surface area contributed by atoms with E-state index in [1.165, 1.54) is 31.4 Å². The first-order chi connectivity index (χ1) is 9.88. The molecule has 0 amide bonds.